The molecule has 2 unspecified atom stereocenters. The van der Waals surface area contributed by atoms with E-state index in [-0.39, 0.29) is 0 Å². The summed E-state index contributed by atoms with van der Waals surface area (Å²) in [4.78, 5) is 0. The molecule has 0 amide bonds. The Hall–Kier alpha value is -2.12. The van der Waals surface area contributed by atoms with E-state index in [1.165, 1.54) is 49.7 Å². The quantitative estimate of drug-likeness (QED) is 0.407. The minimum Gasteiger partial charge on any atom is -0.0800 e. The summed E-state index contributed by atoms with van der Waals surface area (Å²) in [6.07, 6.45) is 17.8. The predicted octanol–water partition coefficient (Wildman–Crippen LogP) is 8.65. The second-order valence-electron chi connectivity index (χ2n) is 10.5. The molecule has 0 fully saturated rings. The molecule has 0 heterocycles. The Morgan fingerprint density at radius 1 is 1.06 bits per heavy atom. The summed E-state index contributed by atoms with van der Waals surface area (Å²) in [5.74, 6) is 0. The fraction of sp³-hybridized carbons (Fsp3) is 0.400. The molecule has 0 aliphatic heterocycles. The molecule has 3 aliphatic carbocycles. The van der Waals surface area contributed by atoms with Gasteiger partial charge in [0.15, 0.2) is 0 Å². The van der Waals surface area contributed by atoms with E-state index in [9.17, 15) is 0 Å². The van der Waals surface area contributed by atoms with Gasteiger partial charge in [0, 0.05) is 5.54 Å². The Labute approximate surface area is 189 Å². The molecule has 0 radical (unpaired) electrons. The van der Waals surface area contributed by atoms with Crippen LogP contribution < -0.4 is 0 Å². The highest BCUT2D eigenvalue weighted by Crippen LogP contribution is 2.52. The van der Waals surface area contributed by atoms with Gasteiger partial charge in [0.25, 0.3) is 0 Å². The van der Waals surface area contributed by atoms with E-state index < -0.39 is 8.07 Å². The first-order valence-electron chi connectivity index (χ1n) is 12.3. The van der Waals surface area contributed by atoms with Crippen molar-refractivity contribution in [3.05, 3.63) is 88.0 Å². The van der Waals surface area contributed by atoms with Crippen LogP contribution in [-0.4, -0.2) is 8.07 Å². The normalized spacial score (nSPS) is 21.8. The van der Waals surface area contributed by atoms with E-state index in [1.54, 1.807) is 33.4 Å². The lowest BCUT2D eigenvalue weighted by molar-refractivity contribution is 0.798. The van der Waals surface area contributed by atoms with Crippen molar-refractivity contribution in [3.63, 3.8) is 0 Å². The largest absolute Gasteiger partial charge is 0.0800 e. The van der Waals surface area contributed by atoms with Crippen molar-refractivity contribution >= 4 is 14.1 Å². The zero-order valence-electron chi connectivity index (χ0n) is 19.7. The van der Waals surface area contributed by atoms with Crippen molar-refractivity contribution in [2.24, 2.45) is 0 Å². The summed E-state index contributed by atoms with van der Waals surface area (Å²) in [5, 5.41) is 0. The zero-order valence-corrected chi connectivity index (χ0v) is 20.7. The lowest BCUT2D eigenvalue weighted by Gasteiger charge is -2.36. The Morgan fingerprint density at radius 3 is 2.65 bits per heavy atom. The molecule has 2 atom stereocenters. The van der Waals surface area contributed by atoms with Gasteiger partial charge in [-0.2, -0.15) is 0 Å². The average Bonchev–Trinajstić information content (AvgIpc) is 3.49. The highest BCUT2D eigenvalue weighted by molar-refractivity contribution is 6.82. The number of fused-ring (bicyclic) bond motifs is 2. The monoisotopic (exact) mass is 424 g/mol. The van der Waals surface area contributed by atoms with Crippen LogP contribution >= 0.6 is 0 Å². The van der Waals surface area contributed by atoms with Crippen molar-refractivity contribution in [2.45, 2.75) is 76.5 Å². The fourth-order valence-electron chi connectivity index (χ4n) is 6.43. The second-order valence-corrected chi connectivity index (χ2v) is 15.4. The lowest BCUT2D eigenvalue weighted by atomic mass is 9.89. The van der Waals surface area contributed by atoms with Gasteiger partial charge in [-0.3, -0.25) is 0 Å². The Bertz CT molecular complexity index is 1080. The van der Waals surface area contributed by atoms with Gasteiger partial charge in [0.2, 0.25) is 0 Å². The summed E-state index contributed by atoms with van der Waals surface area (Å²) < 4.78 is 0. The molecule has 5 rings (SSSR count). The molecule has 160 valence electrons. The summed E-state index contributed by atoms with van der Waals surface area (Å²) in [7, 11) is -1.62. The highest BCUT2D eigenvalue weighted by Gasteiger charge is 2.44. The standard InChI is InChI=1S/C30H36Si/c1-5-6-11-22-16-17-25(19-22)31(3,4)30-21(2)18-27-28(30)20-24-14-10-15-26(24)29(27)23-12-8-7-9-13-23/h7-9,12-13,16-20,25,30H,5-6,10-11,14-15H2,1-4H3. The first kappa shape index (κ1) is 20.8. The molecule has 0 nitrogen and oxygen atoms in total. The van der Waals surface area contributed by atoms with E-state index in [4.69, 9.17) is 0 Å². The first-order valence-corrected chi connectivity index (χ1v) is 15.5. The number of hydrogen-bond acceptors (Lipinski definition) is 0. The molecule has 0 saturated carbocycles. The predicted molar refractivity (Wildman–Crippen MR) is 138 cm³/mol. The highest BCUT2D eigenvalue weighted by atomic mass is 28.3. The van der Waals surface area contributed by atoms with E-state index in [2.05, 4.69) is 87.6 Å². The minimum absolute atomic E-state index is 0.618. The maximum absolute atomic E-state index is 2.63. The molecule has 31 heavy (non-hydrogen) atoms. The molecule has 1 heteroatoms. The molecular formula is C30H36Si. The molecule has 2 aromatic carbocycles. The van der Waals surface area contributed by atoms with Crippen LogP contribution in [0.5, 0.6) is 0 Å². The van der Waals surface area contributed by atoms with Crippen LogP contribution in [0.3, 0.4) is 0 Å². The zero-order chi connectivity index (χ0) is 21.6. The van der Waals surface area contributed by atoms with Crippen LogP contribution in [0.1, 0.15) is 67.3 Å². The molecule has 2 aromatic rings. The van der Waals surface area contributed by atoms with Gasteiger partial charge in [-0.25, -0.2) is 0 Å². The number of rotatable bonds is 6. The SMILES string of the molecule is CCCCC1=CC([Si](C)(C)C2C(C)=Cc3c2cc2c(c3-c3ccccc3)CCC2)C=C1. The van der Waals surface area contributed by atoms with Crippen molar-refractivity contribution in [2.75, 3.05) is 0 Å². The third kappa shape index (κ3) is 3.51. The van der Waals surface area contributed by atoms with Crippen LogP contribution in [0.25, 0.3) is 17.2 Å². The van der Waals surface area contributed by atoms with E-state index in [1.807, 2.05) is 0 Å². The van der Waals surface area contributed by atoms with Gasteiger partial charge < -0.3 is 0 Å². The fourth-order valence-corrected chi connectivity index (χ4v) is 10.3. The molecule has 0 saturated heterocycles. The third-order valence-corrected chi connectivity index (χ3v) is 12.3. The van der Waals surface area contributed by atoms with Crippen LogP contribution in [0, 0.1) is 0 Å². The average molecular weight is 425 g/mol. The minimum atomic E-state index is -1.62. The first-order chi connectivity index (χ1) is 15.0. The number of aryl methyl sites for hydroxylation is 1. The van der Waals surface area contributed by atoms with Crippen LogP contribution in [0.15, 0.2) is 65.8 Å². The molecule has 3 aliphatic rings. The topological polar surface area (TPSA) is 0 Å². The van der Waals surface area contributed by atoms with Gasteiger partial charge in [0.1, 0.15) is 0 Å². The second kappa shape index (κ2) is 8.09. The Morgan fingerprint density at radius 2 is 1.87 bits per heavy atom. The van der Waals surface area contributed by atoms with Gasteiger partial charge in [-0.15, -0.1) is 0 Å². The van der Waals surface area contributed by atoms with Crippen LogP contribution in [-0.2, 0) is 12.8 Å². The van der Waals surface area contributed by atoms with Gasteiger partial charge >= 0.3 is 0 Å². The summed E-state index contributed by atoms with van der Waals surface area (Å²) >= 11 is 0. The van der Waals surface area contributed by atoms with Crippen molar-refractivity contribution in [1.29, 1.82) is 0 Å². The summed E-state index contributed by atoms with van der Waals surface area (Å²) in [5.41, 5.74) is 13.8. The van der Waals surface area contributed by atoms with Gasteiger partial charge in [-0.1, -0.05) is 98.3 Å². The van der Waals surface area contributed by atoms with E-state index in [0.717, 1.165) is 0 Å². The Balaban J connectivity index is 1.59. The van der Waals surface area contributed by atoms with E-state index >= 15 is 0 Å². The van der Waals surface area contributed by atoms with Gasteiger partial charge in [-0.05, 0) is 77.9 Å². The lowest BCUT2D eigenvalue weighted by Crippen LogP contribution is -2.38. The molecule has 0 bridgehead atoms. The van der Waals surface area contributed by atoms with Crippen molar-refractivity contribution in [3.8, 4) is 11.1 Å². The number of benzene rings is 2. The molecule has 0 spiro atoms. The molecule has 0 N–H and O–H groups in total. The van der Waals surface area contributed by atoms with Crippen LogP contribution in [0.4, 0.5) is 0 Å². The maximum Gasteiger partial charge on any atom is 0.0710 e. The van der Waals surface area contributed by atoms with Crippen molar-refractivity contribution < 1.29 is 0 Å². The molecular weight excluding hydrogens is 388 g/mol. The molecule has 0 aromatic heterocycles. The maximum atomic E-state index is 2.63. The summed E-state index contributed by atoms with van der Waals surface area (Å²) in [6, 6.07) is 13.8. The van der Waals surface area contributed by atoms with E-state index in [0.29, 0.717) is 11.1 Å². The summed E-state index contributed by atoms with van der Waals surface area (Å²) in [6.45, 7) is 9.96. The smallest absolute Gasteiger partial charge is 0.0710 e. The third-order valence-electron chi connectivity index (χ3n) is 8.01. The van der Waals surface area contributed by atoms with Crippen LogP contribution in [0.2, 0.25) is 18.6 Å². The van der Waals surface area contributed by atoms with Crippen molar-refractivity contribution in [1.82, 2.24) is 0 Å². The van der Waals surface area contributed by atoms with Gasteiger partial charge in [0.05, 0.1) is 8.07 Å². The number of unbranched alkanes of at least 4 members (excludes halogenated alkanes) is 1. The number of allylic oxidation sites excluding steroid dienone is 5. The Kier molecular flexibility index (Phi) is 5.42. The number of hydrogen-bond donors (Lipinski definition) is 0.